The molecule has 2 unspecified atom stereocenters. The van der Waals surface area contributed by atoms with Crippen LogP contribution in [-0.4, -0.2) is 0 Å². The molecule has 0 aromatic heterocycles. The molecule has 2 aliphatic heterocycles. The average Bonchev–Trinajstić information content (AvgIpc) is 3.26. The van der Waals surface area contributed by atoms with E-state index in [2.05, 4.69) is 0 Å². The Morgan fingerprint density at radius 2 is 0.733 bits per heavy atom. The largest absolute Gasteiger partial charge is 0.309 e. The molecule has 2 atom stereocenters. The van der Waals surface area contributed by atoms with E-state index in [-0.39, 0.29) is 0 Å². The van der Waals surface area contributed by atoms with Crippen LogP contribution in [0.1, 0.15) is 11.1 Å². The van der Waals surface area contributed by atoms with Crippen LogP contribution in [0.3, 0.4) is 0 Å². The number of rotatable bonds is 2. The maximum atomic E-state index is 15.0. The van der Waals surface area contributed by atoms with Crippen molar-refractivity contribution in [3.8, 4) is 0 Å². The molecular formula is C26H18O2P2. The molecule has 0 saturated carbocycles. The lowest BCUT2D eigenvalue weighted by Gasteiger charge is -2.21. The molecule has 144 valence electrons. The van der Waals surface area contributed by atoms with Crippen molar-refractivity contribution in [1.29, 1.82) is 0 Å². The fourth-order valence-corrected chi connectivity index (χ4v) is 12.2. The number of hydrogen-bond donors (Lipinski definition) is 0. The van der Waals surface area contributed by atoms with Crippen molar-refractivity contribution >= 4 is 46.1 Å². The summed E-state index contributed by atoms with van der Waals surface area (Å²) in [5.74, 6) is 0. The normalized spacial score (nSPS) is 23.7. The smallest absolute Gasteiger partial charge is 0.173 e. The summed E-state index contributed by atoms with van der Waals surface area (Å²) in [6.07, 6.45) is 0. The van der Waals surface area contributed by atoms with Crippen LogP contribution in [0.4, 0.5) is 0 Å². The molecule has 30 heavy (non-hydrogen) atoms. The second-order valence-electron chi connectivity index (χ2n) is 7.62. The highest BCUT2D eigenvalue weighted by molar-refractivity contribution is 7.96. The minimum atomic E-state index is -3.14. The molecule has 0 saturated heterocycles. The molecule has 2 heterocycles. The van der Waals surface area contributed by atoms with E-state index < -0.39 is 14.3 Å². The van der Waals surface area contributed by atoms with Crippen LogP contribution in [0.5, 0.6) is 0 Å². The molecular weight excluding hydrogens is 406 g/mol. The van der Waals surface area contributed by atoms with Crippen molar-refractivity contribution in [3.05, 3.63) is 120 Å². The van der Waals surface area contributed by atoms with Crippen LogP contribution in [0.2, 0.25) is 0 Å². The molecule has 2 nitrogen and oxygen atoms in total. The first-order valence-corrected chi connectivity index (χ1v) is 13.3. The third-order valence-electron chi connectivity index (χ3n) is 6.09. The highest BCUT2D eigenvalue weighted by Gasteiger charge is 2.54. The van der Waals surface area contributed by atoms with Crippen LogP contribution >= 0.6 is 14.3 Å². The summed E-state index contributed by atoms with van der Waals surface area (Å²) in [6.45, 7) is 0. The van der Waals surface area contributed by atoms with Crippen LogP contribution in [0.15, 0.2) is 109 Å². The van der Waals surface area contributed by atoms with Gasteiger partial charge in [-0.2, -0.15) is 0 Å². The molecule has 0 fully saturated rings. The summed E-state index contributed by atoms with van der Waals surface area (Å²) in [5.41, 5.74) is 1.73. The van der Waals surface area contributed by atoms with Gasteiger partial charge in [-0.15, -0.1) is 0 Å². The van der Waals surface area contributed by atoms with Crippen molar-refractivity contribution in [1.82, 2.24) is 0 Å². The van der Waals surface area contributed by atoms with Crippen molar-refractivity contribution in [2.45, 2.75) is 0 Å². The predicted molar refractivity (Wildman–Crippen MR) is 126 cm³/mol. The van der Waals surface area contributed by atoms with E-state index in [0.717, 1.165) is 43.0 Å². The first-order valence-electron chi connectivity index (χ1n) is 9.93. The van der Waals surface area contributed by atoms with E-state index in [4.69, 9.17) is 0 Å². The summed E-state index contributed by atoms with van der Waals surface area (Å²) in [6, 6.07) is 34.9. The minimum absolute atomic E-state index is 0.762. The van der Waals surface area contributed by atoms with Gasteiger partial charge in [-0.3, -0.25) is 0 Å². The molecule has 6 rings (SSSR count). The SMILES string of the molecule is O=P1(c2ccccc2)C2=C(c3ccccc31)P(=O)(c1ccccc1)c1ccccc12. The van der Waals surface area contributed by atoms with Crippen molar-refractivity contribution < 1.29 is 9.13 Å². The van der Waals surface area contributed by atoms with Crippen molar-refractivity contribution in [3.63, 3.8) is 0 Å². The Hall–Kier alpha value is -2.92. The van der Waals surface area contributed by atoms with Gasteiger partial charge in [0.2, 0.25) is 0 Å². The zero-order valence-electron chi connectivity index (χ0n) is 16.1. The monoisotopic (exact) mass is 424 g/mol. The molecule has 0 amide bonds. The van der Waals surface area contributed by atoms with E-state index >= 15 is 0 Å². The molecule has 0 radical (unpaired) electrons. The maximum Gasteiger partial charge on any atom is 0.173 e. The lowest BCUT2D eigenvalue weighted by Crippen LogP contribution is -2.20. The Balaban J connectivity index is 1.80. The van der Waals surface area contributed by atoms with Gasteiger partial charge in [-0.25, -0.2) is 0 Å². The number of benzene rings is 4. The van der Waals surface area contributed by atoms with E-state index in [9.17, 15) is 9.13 Å². The quantitative estimate of drug-likeness (QED) is 0.416. The van der Waals surface area contributed by atoms with Gasteiger partial charge in [-0.1, -0.05) is 109 Å². The third kappa shape index (κ3) is 2.11. The third-order valence-corrected chi connectivity index (χ3v) is 12.6. The molecule has 0 aliphatic carbocycles. The second kappa shape index (κ2) is 6.29. The molecule has 4 aromatic rings. The lowest BCUT2D eigenvalue weighted by molar-refractivity contribution is 0.592. The first-order chi connectivity index (χ1) is 14.7. The maximum absolute atomic E-state index is 15.0. The summed E-state index contributed by atoms with van der Waals surface area (Å²) < 4.78 is 29.9. The molecule has 4 aromatic carbocycles. The van der Waals surface area contributed by atoms with Crippen molar-refractivity contribution in [2.75, 3.05) is 0 Å². The van der Waals surface area contributed by atoms with Crippen LogP contribution in [0, 0.1) is 0 Å². The van der Waals surface area contributed by atoms with Gasteiger partial charge in [0.1, 0.15) is 0 Å². The second-order valence-corrected chi connectivity index (χ2v) is 12.9. The molecule has 0 N–H and O–H groups in total. The summed E-state index contributed by atoms with van der Waals surface area (Å²) in [5, 5.41) is 4.70. The standard InChI is InChI=1S/C26H18O2P2/c27-29(19-11-3-1-4-12-19)23-17-9-7-15-21(23)26-25(29)22-16-8-10-18-24(22)30(26,28)20-13-5-2-6-14-20/h1-18H. The van der Waals surface area contributed by atoms with Gasteiger partial charge in [0.15, 0.2) is 14.3 Å². The zero-order valence-corrected chi connectivity index (χ0v) is 17.9. The first kappa shape index (κ1) is 17.9. The van der Waals surface area contributed by atoms with E-state index in [0.29, 0.717) is 0 Å². The fraction of sp³-hybridized carbons (Fsp3) is 0. The fourth-order valence-electron chi connectivity index (χ4n) is 4.84. The Bertz CT molecular complexity index is 1330. The molecule has 2 aliphatic rings. The summed E-state index contributed by atoms with van der Waals surface area (Å²) in [7, 11) is -6.28. The highest BCUT2D eigenvalue weighted by Crippen LogP contribution is 2.76. The lowest BCUT2D eigenvalue weighted by atomic mass is 10.1. The van der Waals surface area contributed by atoms with Gasteiger partial charge >= 0.3 is 0 Å². The van der Waals surface area contributed by atoms with E-state index in [1.165, 1.54) is 0 Å². The van der Waals surface area contributed by atoms with Crippen LogP contribution in [0.25, 0.3) is 10.6 Å². The van der Waals surface area contributed by atoms with Crippen molar-refractivity contribution in [2.24, 2.45) is 0 Å². The van der Waals surface area contributed by atoms with Gasteiger partial charge < -0.3 is 9.13 Å². The minimum Gasteiger partial charge on any atom is -0.309 e. The number of hydrogen-bond acceptors (Lipinski definition) is 2. The average molecular weight is 424 g/mol. The van der Waals surface area contributed by atoms with Crippen LogP contribution < -0.4 is 21.2 Å². The Kier molecular flexibility index (Phi) is 3.75. The zero-order chi connectivity index (χ0) is 20.3. The summed E-state index contributed by atoms with van der Waals surface area (Å²) in [4.78, 5) is 0. The van der Waals surface area contributed by atoms with Gasteiger partial charge in [0.25, 0.3) is 0 Å². The van der Waals surface area contributed by atoms with E-state index in [1.54, 1.807) is 0 Å². The van der Waals surface area contributed by atoms with E-state index in [1.807, 2.05) is 109 Å². The topological polar surface area (TPSA) is 34.1 Å². The highest BCUT2D eigenvalue weighted by atomic mass is 31.2. The molecule has 0 spiro atoms. The van der Waals surface area contributed by atoms with Crippen LogP contribution in [-0.2, 0) is 9.13 Å². The molecule has 0 bridgehead atoms. The Morgan fingerprint density at radius 1 is 0.400 bits per heavy atom. The Morgan fingerprint density at radius 3 is 1.13 bits per heavy atom. The summed E-state index contributed by atoms with van der Waals surface area (Å²) >= 11 is 0. The predicted octanol–water partition coefficient (Wildman–Crippen LogP) is 5.17. The number of fused-ring (bicyclic) bond motifs is 4. The van der Waals surface area contributed by atoms with Gasteiger partial charge in [0, 0.05) is 31.8 Å². The molecule has 4 heteroatoms. The Labute approximate surface area is 175 Å². The van der Waals surface area contributed by atoms with Gasteiger partial charge in [-0.05, 0) is 11.1 Å². The van der Waals surface area contributed by atoms with Gasteiger partial charge in [0.05, 0.1) is 0 Å².